The Morgan fingerprint density at radius 2 is 2.06 bits per heavy atom. The molecule has 1 unspecified atom stereocenters. The van der Waals surface area contributed by atoms with E-state index in [0.717, 1.165) is 31.4 Å². The molecule has 17 heavy (non-hydrogen) atoms. The van der Waals surface area contributed by atoms with Crippen LogP contribution in [0.1, 0.15) is 51.3 Å². The van der Waals surface area contributed by atoms with Crippen molar-refractivity contribution in [2.45, 2.75) is 58.4 Å². The van der Waals surface area contributed by atoms with E-state index in [1.165, 1.54) is 12.0 Å². The first-order valence-corrected chi connectivity index (χ1v) is 6.65. The molecule has 1 aliphatic carbocycles. The van der Waals surface area contributed by atoms with Crippen molar-refractivity contribution in [3.05, 3.63) is 29.6 Å². The van der Waals surface area contributed by atoms with Crippen molar-refractivity contribution >= 4 is 0 Å². The lowest BCUT2D eigenvalue weighted by Crippen LogP contribution is -2.40. The molecular weight excluding hydrogens is 208 g/mol. The molecule has 0 aliphatic heterocycles. The highest BCUT2D eigenvalue weighted by molar-refractivity contribution is 5.17. The van der Waals surface area contributed by atoms with Crippen molar-refractivity contribution in [3.63, 3.8) is 0 Å². The van der Waals surface area contributed by atoms with Gasteiger partial charge in [-0.2, -0.15) is 0 Å². The highest BCUT2D eigenvalue weighted by atomic mass is 14.8. The molecule has 1 fully saturated rings. The molecule has 2 heteroatoms. The molecule has 1 aliphatic rings. The fourth-order valence-corrected chi connectivity index (χ4v) is 3.00. The van der Waals surface area contributed by atoms with Crippen LogP contribution < -0.4 is 5.73 Å². The predicted molar refractivity (Wildman–Crippen MR) is 71.9 cm³/mol. The number of nitrogens with two attached hydrogens (primary N) is 1. The molecule has 1 atom stereocenters. The van der Waals surface area contributed by atoms with Crippen LogP contribution in [0.15, 0.2) is 18.3 Å². The summed E-state index contributed by atoms with van der Waals surface area (Å²) in [5.74, 6) is 0. The molecule has 1 heterocycles. The smallest absolute Gasteiger partial charge is 0.0422 e. The Morgan fingerprint density at radius 3 is 2.53 bits per heavy atom. The summed E-state index contributed by atoms with van der Waals surface area (Å²) in [4.78, 5) is 4.53. The maximum absolute atomic E-state index is 6.50. The third-order valence-electron chi connectivity index (χ3n) is 3.96. The van der Waals surface area contributed by atoms with Gasteiger partial charge in [0.1, 0.15) is 0 Å². The van der Waals surface area contributed by atoms with E-state index in [2.05, 4.69) is 37.9 Å². The number of pyridine rings is 1. The highest BCUT2D eigenvalue weighted by Gasteiger charge is 2.40. The quantitative estimate of drug-likeness (QED) is 0.869. The topological polar surface area (TPSA) is 38.9 Å². The zero-order valence-corrected chi connectivity index (χ0v) is 11.3. The molecule has 2 nitrogen and oxygen atoms in total. The Hall–Kier alpha value is -0.890. The average molecular weight is 232 g/mol. The number of hydrogen-bond donors (Lipinski definition) is 1. The van der Waals surface area contributed by atoms with Crippen LogP contribution in [0, 0.1) is 5.41 Å². The summed E-state index contributed by atoms with van der Waals surface area (Å²) in [5, 5.41) is 0. The summed E-state index contributed by atoms with van der Waals surface area (Å²) in [5.41, 5.74) is 9.30. The zero-order chi connectivity index (χ0) is 12.5. The van der Waals surface area contributed by atoms with Crippen LogP contribution >= 0.6 is 0 Å². The maximum Gasteiger partial charge on any atom is 0.0422 e. The van der Waals surface area contributed by atoms with Gasteiger partial charge in [-0.1, -0.05) is 26.8 Å². The lowest BCUT2D eigenvalue weighted by molar-refractivity contribution is 0.333. The normalized spacial score (nSPS) is 27.3. The molecule has 0 amide bonds. The third-order valence-corrected chi connectivity index (χ3v) is 3.96. The molecule has 2 rings (SSSR count). The van der Waals surface area contributed by atoms with Gasteiger partial charge in [0.2, 0.25) is 0 Å². The van der Waals surface area contributed by atoms with Crippen LogP contribution in [0.3, 0.4) is 0 Å². The third kappa shape index (κ3) is 3.06. The first-order chi connectivity index (χ1) is 7.92. The molecule has 0 saturated heterocycles. The number of hydrogen-bond acceptors (Lipinski definition) is 2. The summed E-state index contributed by atoms with van der Waals surface area (Å²) in [6.07, 6.45) is 7.41. The van der Waals surface area contributed by atoms with Gasteiger partial charge in [0.15, 0.2) is 0 Å². The molecule has 0 aromatic carbocycles. The summed E-state index contributed by atoms with van der Waals surface area (Å²) in [6.45, 7) is 6.78. The van der Waals surface area contributed by atoms with Gasteiger partial charge >= 0.3 is 0 Å². The summed E-state index contributed by atoms with van der Waals surface area (Å²) >= 11 is 0. The first kappa shape index (κ1) is 12.6. The molecule has 0 radical (unpaired) electrons. The van der Waals surface area contributed by atoms with E-state index in [0.29, 0.717) is 5.41 Å². The Bertz CT molecular complexity index is 380. The van der Waals surface area contributed by atoms with E-state index >= 15 is 0 Å². The zero-order valence-electron chi connectivity index (χ0n) is 11.3. The predicted octanol–water partition coefficient (Wildman–Crippen LogP) is 3.09. The van der Waals surface area contributed by atoms with Gasteiger partial charge in [-0.25, -0.2) is 0 Å². The van der Waals surface area contributed by atoms with Crippen LogP contribution in [-0.4, -0.2) is 10.5 Å². The van der Waals surface area contributed by atoms with Crippen molar-refractivity contribution in [3.8, 4) is 0 Å². The Balaban J connectivity index is 2.05. The Morgan fingerprint density at radius 1 is 1.29 bits per heavy atom. The van der Waals surface area contributed by atoms with Crippen molar-refractivity contribution in [1.29, 1.82) is 0 Å². The van der Waals surface area contributed by atoms with Gasteiger partial charge in [0, 0.05) is 23.9 Å². The molecule has 94 valence electrons. The van der Waals surface area contributed by atoms with Crippen molar-refractivity contribution in [2.75, 3.05) is 0 Å². The van der Waals surface area contributed by atoms with Crippen molar-refractivity contribution < 1.29 is 0 Å². The van der Waals surface area contributed by atoms with E-state index in [1.54, 1.807) is 0 Å². The monoisotopic (exact) mass is 232 g/mol. The summed E-state index contributed by atoms with van der Waals surface area (Å²) in [6, 6.07) is 4.31. The molecule has 2 N–H and O–H groups in total. The highest BCUT2D eigenvalue weighted by Crippen LogP contribution is 2.43. The molecule has 1 saturated carbocycles. The van der Waals surface area contributed by atoms with E-state index < -0.39 is 0 Å². The SMILES string of the molecule is CCc1ccc(CC2(N)CCC(C)(C)C2)nc1. The van der Waals surface area contributed by atoms with Gasteiger partial charge in [0.25, 0.3) is 0 Å². The lowest BCUT2D eigenvalue weighted by atomic mass is 9.86. The maximum atomic E-state index is 6.50. The van der Waals surface area contributed by atoms with Gasteiger partial charge in [0.05, 0.1) is 0 Å². The Labute approximate surface area is 105 Å². The first-order valence-electron chi connectivity index (χ1n) is 6.65. The molecular formula is C15H24N2. The van der Waals surface area contributed by atoms with E-state index in [4.69, 9.17) is 5.73 Å². The van der Waals surface area contributed by atoms with Gasteiger partial charge in [-0.15, -0.1) is 0 Å². The fraction of sp³-hybridized carbons (Fsp3) is 0.667. The second kappa shape index (κ2) is 4.41. The number of rotatable bonds is 3. The number of aromatic nitrogens is 1. The van der Waals surface area contributed by atoms with Gasteiger partial charge < -0.3 is 5.73 Å². The summed E-state index contributed by atoms with van der Waals surface area (Å²) < 4.78 is 0. The van der Waals surface area contributed by atoms with Crippen molar-refractivity contribution in [1.82, 2.24) is 4.98 Å². The summed E-state index contributed by atoms with van der Waals surface area (Å²) in [7, 11) is 0. The molecule has 0 spiro atoms. The minimum absolute atomic E-state index is 0.0375. The fourth-order valence-electron chi connectivity index (χ4n) is 3.00. The Kier molecular flexibility index (Phi) is 3.26. The van der Waals surface area contributed by atoms with E-state index in [9.17, 15) is 0 Å². The van der Waals surface area contributed by atoms with E-state index in [1.807, 2.05) is 6.20 Å². The standard InChI is InChI=1S/C15H24N2/c1-4-12-5-6-13(17-10-12)9-15(16)8-7-14(2,3)11-15/h5-6,10H,4,7-9,11,16H2,1-3H3. The average Bonchev–Trinajstić information content (AvgIpc) is 2.54. The molecule has 1 aromatic heterocycles. The van der Waals surface area contributed by atoms with Gasteiger partial charge in [-0.05, 0) is 42.7 Å². The van der Waals surface area contributed by atoms with Crippen molar-refractivity contribution in [2.24, 2.45) is 11.1 Å². The van der Waals surface area contributed by atoms with Crippen LogP contribution in [0.2, 0.25) is 0 Å². The molecule has 0 bridgehead atoms. The van der Waals surface area contributed by atoms with Crippen LogP contribution in [0.4, 0.5) is 0 Å². The van der Waals surface area contributed by atoms with Crippen LogP contribution in [0.25, 0.3) is 0 Å². The minimum atomic E-state index is -0.0375. The number of aryl methyl sites for hydroxylation is 1. The van der Waals surface area contributed by atoms with Gasteiger partial charge in [-0.3, -0.25) is 4.98 Å². The largest absolute Gasteiger partial charge is 0.325 e. The number of nitrogens with zero attached hydrogens (tertiary/aromatic N) is 1. The van der Waals surface area contributed by atoms with Crippen LogP contribution in [0.5, 0.6) is 0 Å². The van der Waals surface area contributed by atoms with Crippen LogP contribution in [-0.2, 0) is 12.8 Å². The lowest BCUT2D eigenvalue weighted by Gasteiger charge is -2.26. The minimum Gasteiger partial charge on any atom is -0.325 e. The second-order valence-corrected chi connectivity index (χ2v) is 6.39. The van der Waals surface area contributed by atoms with E-state index in [-0.39, 0.29) is 5.54 Å². The second-order valence-electron chi connectivity index (χ2n) is 6.39. The molecule has 1 aromatic rings.